The molecule has 1 atom stereocenters. The van der Waals surface area contributed by atoms with Gasteiger partial charge in [0.2, 0.25) is 0 Å². The van der Waals surface area contributed by atoms with Gasteiger partial charge in [0.15, 0.2) is 11.1 Å². The third kappa shape index (κ3) is 4.58. The zero-order valence-corrected chi connectivity index (χ0v) is 22.5. The van der Waals surface area contributed by atoms with E-state index in [-0.39, 0.29) is 22.3 Å². The highest BCUT2D eigenvalue weighted by Crippen LogP contribution is 2.34. The Kier molecular flexibility index (Phi) is 6.47. The number of esters is 1. The molecule has 0 fully saturated rings. The number of benzene rings is 2. The summed E-state index contributed by atoms with van der Waals surface area (Å²) in [6.45, 7) is 7.61. The highest BCUT2D eigenvalue weighted by molar-refractivity contribution is 7.18. The molecule has 0 saturated heterocycles. The summed E-state index contributed by atoms with van der Waals surface area (Å²) in [6, 6.07) is 12.6. The predicted molar refractivity (Wildman–Crippen MR) is 148 cm³/mol. The SMILES string of the molecule is COC(=O)c1nc(Cl)ccc1N[C@H](C)c1cc(C)cc2c(=O)c(C)c(-c3ccc4nc(C)sc4c3)oc12. The smallest absolute Gasteiger partial charge is 0.358 e. The lowest BCUT2D eigenvalue weighted by molar-refractivity contribution is 0.0595. The Morgan fingerprint density at radius 1 is 1.11 bits per heavy atom. The normalized spacial score (nSPS) is 12.2. The predicted octanol–water partition coefficient (Wildman–Crippen LogP) is 7.00. The van der Waals surface area contributed by atoms with Crippen LogP contribution < -0.4 is 10.7 Å². The van der Waals surface area contributed by atoms with Crippen molar-refractivity contribution in [2.45, 2.75) is 33.7 Å². The van der Waals surface area contributed by atoms with Crippen LogP contribution in [0.2, 0.25) is 5.15 Å². The van der Waals surface area contributed by atoms with Gasteiger partial charge in [-0.3, -0.25) is 4.79 Å². The molecule has 5 aromatic rings. The van der Waals surface area contributed by atoms with Crippen molar-refractivity contribution >= 4 is 55.8 Å². The minimum atomic E-state index is -0.607. The first-order chi connectivity index (χ1) is 17.7. The number of aromatic nitrogens is 2. The second-order valence-electron chi connectivity index (χ2n) is 8.92. The standard InChI is InChI=1S/C28H24ClN3O4S/c1-13-10-18(15(3)30-21-8-9-23(29)32-24(21)28(34)35-5)27-19(11-13)25(33)14(2)26(36-27)17-6-7-20-22(12-17)37-16(4)31-20/h6-12,15,30H,1-5H3/t15-/m1/s1. The highest BCUT2D eigenvalue weighted by atomic mass is 35.5. The number of ether oxygens (including phenoxy) is 1. The molecule has 0 radical (unpaired) electrons. The summed E-state index contributed by atoms with van der Waals surface area (Å²) in [5, 5.41) is 4.98. The quantitative estimate of drug-likeness (QED) is 0.192. The average molecular weight is 534 g/mol. The molecule has 0 bridgehead atoms. The average Bonchev–Trinajstić information content (AvgIpc) is 3.25. The second-order valence-corrected chi connectivity index (χ2v) is 10.5. The van der Waals surface area contributed by atoms with Crippen LogP contribution in [0.5, 0.6) is 0 Å². The molecule has 188 valence electrons. The van der Waals surface area contributed by atoms with Gasteiger partial charge in [0.05, 0.1) is 39.4 Å². The Morgan fingerprint density at radius 2 is 1.89 bits per heavy atom. The summed E-state index contributed by atoms with van der Waals surface area (Å²) >= 11 is 7.61. The summed E-state index contributed by atoms with van der Waals surface area (Å²) in [7, 11) is 1.29. The van der Waals surface area contributed by atoms with E-state index in [0.717, 1.165) is 31.9 Å². The van der Waals surface area contributed by atoms with Gasteiger partial charge in [-0.05, 0) is 69.7 Å². The molecule has 0 amide bonds. The van der Waals surface area contributed by atoms with Crippen LogP contribution in [0.25, 0.3) is 32.5 Å². The molecule has 2 aromatic carbocycles. The monoisotopic (exact) mass is 533 g/mol. The summed E-state index contributed by atoms with van der Waals surface area (Å²) in [4.78, 5) is 34.5. The van der Waals surface area contributed by atoms with Crippen molar-refractivity contribution in [1.82, 2.24) is 9.97 Å². The number of aryl methyl sites for hydroxylation is 2. The Labute approximate surface area is 222 Å². The van der Waals surface area contributed by atoms with E-state index in [1.165, 1.54) is 7.11 Å². The number of hydrogen-bond donors (Lipinski definition) is 1. The molecule has 0 aliphatic heterocycles. The fourth-order valence-corrected chi connectivity index (χ4v) is 5.47. The number of carbonyl (C=O) groups is 1. The van der Waals surface area contributed by atoms with Gasteiger partial charge < -0.3 is 14.5 Å². The Balaban J connectivity index is 1.66. The zero-order valence-electron chi connectivity index (χ0n) is 20.9. The molecule has 0 aliphatic rings. The number of fused-ring (bicyclic) bond motifs is 2. The number of anilines is 1. The highest BCUT2D eigenvalue weighted by Gasteiger charge is 2.22. The molecule has 37 heavy (non-hydrogen) atoms. The third-order valence-corrected chi connectivity index (χ3v) is 7.37. The van der Waals surface area contributed by atoms with E-state index in [9.17, 15) is 9.59 Å². The summed E-state index contributed by atoms with van der Waals surface area (Å²) < 4.78 is 12.4. The largest absolute Gasteiger partial charge is 0.464 e. The molecule has 0 aliphatic carbocycles. The number of rotatable bonds is 5. The number of pyridine rings is 1. The van der Waals surface area contributed by atoms with E-state index in [4.69, 9.17) is 20.8 Å². The first-order valence-electron chi connectivity index (χ1n) is 11.6. The number of hydrogen-bond acceptors (Lipinski definition) is 8. The van der Waals surface area contributed by atoms with Crippen molar-refractivity contribution in [1.29, 1.82) is 0 Å². The fraction of sp³-hybridized carbons (Fsp3) is 0.214. The summed E-state index contributed by atoms with van der Waals surface area (Å²) in [5.41, 5.74) is 4.89. The third-order valence-electron chi connectivity index (χ3n) is 6.23. The van der Waals surface area contributed by atoms with E-state index < -0.39 is 5.97 Å². The van der Waals surface area contributed by atoms with Crippen LogP contribution in [0.15, 0.2) is 51.7 Å². The van der Waals surface area contributed by atoms with Crippen LogP contribution in [0, 0.1) is 20.8 Å². The van der Waals surface area contributed by atoms with Gasteiger partial charge in [-0.25, -0.2) is 14.8 Å². The van der Waals surface area contributed by atoms with Crippen LogP contribution in [-0.2, 0) is 4.74 Å². The van der Waals surface area contributed by atoms with Crippen LogP contribution in [-0.4, -0.2) is 23.0 Å². The number of nitrogens with zero attached hydrogens (tertiary/aromatic N) is 2. The second kappa shape index (κ2) is 9.61. The van der Waals surface area contributed by atoms with E-state index in [2.05, 4.69) is 15.3 Å². The number of halogens is 1. The Hall–Kier alpha value is -3.75. The minimum Gasteiger partial charge on any atom is -0.464 e. The maximum Gasteiger partial charge on any atom is 0.358 e. The van der Waals surface area contributed by atoms with E-state index >= 15 is 0 Å². The van der Waals surface area contributed by atoms with E-state index in [1.54, 1.807) is 30.4 Å². The lowest BCUT2D eigenvalue weighted by Crippen LogP contribution is -2.15. The topological polar surface area (TPSA) is 94.3 Å². The van der Waals surface area contributed by atoms with Gasteiger partial charge in [0.25, 0.3) is 0 Å². The fourth-order valence-electron chi connectivity index (χ4n) is 4.46. The first-order valence-corrected chi connectivity index (χ1v) is 12.8. The van der Waals surface area contributed by atoms with Crippen molar-refractivity contribution in [3.05, 3.63) is 85.2 Å². The number of nitrogens with one attached hydrogen (secondary N) is 1. The molecule has 1 N–H and O–H groups in total. The molecule has 3 aromatic heterocycles. The van der Waals surface area contributed by atoms with Crippen LogP contribution in [0.4, 0.5) is 5.69 Å². The van der Waals surface area contributed by atoms with E-state index in [0.29, 0.717) is 28.0 Å². The van der Waals surface area contributed by atoms with Crippen molar-refractivity contribution in [2.24, 2.45) is 0 Å². The van der Waals surface area contributed by atoms with Crippen LogP contribution in [0.3, 0.4) is 0 Å². The van der Waals surface area contributed by atoms with Crippen molar-refractivity contribution in [3.63, 3.8) is 0 Å². The van der Waals surface area contributed by atoms with Crippen molar-refractivity contribution in [2.75, 3.05) is 12.4 Å². The Morgan fingerprint density at radius 3 is 2.65 bits per heavy atom. The number of thiazole rings is 1. The van der Waals surface area contributed by atoms with Gasteiger partial charge in [-0.15, -0.1) is 11.3 Å². The molecule has 0 spiro atoms. The van der Waals surface area contributed by atoms with Gasteiger partial charge >= 0.3 is 5.97 Å². The van der Waals surface area contributed by atoms with Gasteiger partial charge in [0.1, 0.15) is 16.5 Å². The molecule has 3 heterocycles. The molecule has 9 heteroatoms. The van der Waals surface area contributed by atoms with Crippen molar-refractivity contribution in [3.8, 4) is 11.3 Å². The molecule has 5 rings (SSSR count). The van der Waals surface area contributed by atoms with Gasteiger partial charge in [-0.2, -0.15) is 0 Å². The van der Waals surface area contributed by atoms with Crippen molar-refractivity contribution < 1.29 is 13.9 Å². The number of carbonyl (C=O) groups excluding carboxylic acids is 1. The van der Waals surface area contributed by atoms with Gasteiger partial charge in [-0.1, -0.05) is 17.7 Å². The maximum absolute atomic E-state index is 13.5. The lowest BCUT2D eigenvalue weighted by Gasteiger charge is -2.20. The van der Waals surface area contributed by atoms with Crippen LogP contribution in [0.1, 0.15) is 45.2 Å². The summed E-state index contributed by atoms with van der Waals surface area (Å²) in [6.07, 6.45) is 0. The number of methoxy groups -OCH3 is 1. The molecule has 0 unspecified atom stereocenters. The lowest BCUT2D eigenvalue weighted by atomic mass is 9.98. The Bertz CT molecular complexity index is 1760. The molecular formula is C28H24ClN3O4S. The van der Waals surface area contributed by atoms with Gasteiger partial charge in [0, 0.05) is 16.7 Å². The summed E-state index contributed by atoms with van der Waals surface area (Å²) in [5.74, 6) is -0.0874. The minimum absolute atomic E-state index is 0.0740. The van der Waals surface area contributed by atoms with Crippen LogP contribution >= 0.6 is 22.9 Å². The first kappa shape index (κ1) is 24.9. The zero-order chi connectivity index (χ0) is 26.4. The van der Waals surface area contributed by atoms with E-state index in [1.807, 2.05) is 51.1 Å². The molecule has 0 saturated carbocycles. The molecular weight excluding hydrogens is 510 g/mol. The molecule has 7 nitrogen and oxygen atoms in total. The maximum atomic E-state index is 13.5.